The number of rotatable bonds is 6. The molecule has 24 heavy (non-hydrogen) atoms. The summed E-state index contributed by atoms with van der Waals surface area (Å²) in [5.74, 6) is 2.31. The molecule has 0 bridgehead atoms. The van der Waals surface area contributed by atoms with E-state index in [-0.39, 0.29) is 0 Å². The standard InChI is InChI=1S/C20H25N3O/c1-15-7-9-18(10-8-15)24-12-11-22-20(21-2)23-14-17-13-16-5-3-4-6-19(16)17/h3-10,17H,11-14H2,1-2H3,(H2,21,22,23). The summed E-state index contributed by atoms with van der Waals surface area (Å²) in [6, 6.07) is 16.8. The maximum atomic E-state index is 5.72. The normalized spacial score (nSPS) is 16.1. The van der Waals surface area contributed by atoms with Gasteiger partial charge in [0.25, 0.3) is 0 Å². The van der Waals surface area contributed by atoms with Crippen molar-refractivity contribution in [1.29, 1.82) is 0 Å². The van der Waals surface area contributed by atoms with Crippen LogP contribution in [-0.4, -0.2) is 32.7 Å². The first-order valence-electron chi connectivity index (χ1n) is 8.48. The summed E-state index contributed by atoms with van der Waals surface area (Å²) in [4.78, 5) is 4.27. The van der Waals surface area contributed by atoms with E-state index < -0.39 is 0 Å². The molecule has 1 atom stereocenters. The fourth-order valence-electron chi connectivity index (χ4n) is 2.96. The molecule has 0 amide bonds. The van der Waals surface area contributed by atoms with Crippen molar-refractivity contribution in [2.75, 3.05) is 26.7 Å². The molecule has 1 aliphatic carbocycles. The fourth-order valence-corrected chi connectivity index (χ4v) is 2.96. The summed E-state index contributed by atoms with van der Waals surface area (Å²) in [7, 11) is 1.80. The van der Waals surface area contributed by atoms with Crippen molar-refractivity contribution in [2.45, 2.75) is 19.3 Å². The van der Waals surface area contributed by atoms with E-state index in [0.29, 0.717) is 12.5 Å². The monoisotopic (exact) mass is 323 g/mol. The number of aryl methyl sites for hydroxylation is 1. The SMILES string of the molecule is CN=C(NCCOc1ccc(C)cc1)NCC1Cc2ccccc21. The average Bonchev–Trinajstić information content (AvgIpc) is 2.59. The highest BCUT2D eigenvalue weighted by Crippen LogP contribution is 2.33. The van der Waals surface area contributed by atoms with Gasteiger partial charge in [-0.3, -0.25) is 4.99 Å². The van der Waals surface area contributed by atoms with Gasteiger partial charge in [-0.2, -0.15) is 0 Å². The Labute approximate surface area is 144 Å². The molecule has 0 fully saturated rings. The van der Waals surface area contributed by atoms with Crippen LogP contribution in [0.5, 0.6) is 5.75 Å². The Morgan fingerprint density at radius 3 is 2.67 bits per heavy atom. The lowest BCUT2D eigenvalue weighted by Gasteiger charge is -2.30. The Morgan fingerprint density at radius 1 is 1.12 bits per heavy atom. The molecule has 1 unspecified atom stereocenters. The average molecular weight is 323 g/mol. The number of nitrogens with one attached hydrogen (secondary N) is 2. The van der Waals surface area contributed by atoms with E-state index in [1.165, 1.54) is 16.7 Å². The summed E-state index contributed by atoms with van der Waals surface area (Å²) in [5.41, 5.74) is 4.17. The Morgan fingerprint density at radius 2 is 1.92 bits per heavy atom. The molecule has 2 aromatic rings. The van der Waals surface area contributed by atoms with Crippen LogP contribution in [0.25, 0.3) is 0 Å². The molecule has 126 valence electrons. The van der Waals surface area contributed by atoms with Crippen LogP contribution in [0.2, 0.25) is 0 Å². The van der Waals surface area contributed by atoms with Crippen LogP contribution < -0.4 is 15.4 Å². The molecule has 4 heteroatoms. The third-order valence-corrected chi connectivity index (χ3v) is 4.38. The lowest BCUT2D eigenvalue weighted by atomic mass is 9.78. The van der Waals surface area contributed by atoms with E-state index in [9.17, 15) is 0 Å². The molecular formula is C20H25N3O. The molecule has 0 aliphatic heterocycles. The van der Waals surface area contributed by atoms with Gasteiger partial charge >= 0.3 is 0 Å². The molecule has 2 N–H and O–H groups in total. The highest BCUT2D eigenvalue weighted by Gasteiger charge is 2.25. The predicted octanol–water partition coefficient (Wildman–Crippen LogP) is 2.88. The zero-order chi connectivity index (χ0) is 16.8. The Kier molecular flexibility index (Phi) is 5.36. The first-order chi connectivity index (χ1) is 11.8. The third kappa shape index (κ3) is 4.07. The van der Waals surface area contributed by atoms with Crippen LogP contribution in [0.3, 0.4) is 0 Å². The maximum absolute atomic E-state index is 5.72. The Balaban J connectivity index is 1.36. The largest absolute Gasteiger partial charge is 0.492 e. The van der Waals surface area contributed by atoms with E-state index in [0.717, 1.165) is 31.2 Å². The van der Waals surface area contributed by atoms with Crippen molar-refractivity contribution in [1.82, 2.24) is 10.6 Å². The molecule has 0 heterocycles. The van der Waals surface area contributed by atoms with Gasteiger partial charge in [0.05, 0.1) is 6.54 Å². The van der Waals surface area contributed by atoms with E-state index in [2.05, 4.69) is 58.9 Å². The minimum Gasteiger partial charge on any atom is -0.492 e. The predicted molar refractivity (Wildman–Crippen MR) is 98.9 cm³/mol. The van der Waals surface area contributed by atoms with E-state index in [1.54, 1.807) is 7.05 Å². The second kappa shape index (κ2) is 7.86. The number of hydrogen-bond acceptors (Lipinski definition) is 2. The molecule has 0 spiro atoms. The van der Waals surface area contributed by atoms with Gasteiger partial charge in [0, 0.05) is 19.5 Å². The van der Waals surface area contributed by atoms with Crippen LogP contribution in [0.1, 0.15) is 22.6 Å². The zero-order valence-corrected chi connectivity index (χ0v) is 14.4. The second-order valence-corrected chi connectivity index (χ2v) is 6.14. The van der Waals surface area contributed by atoms with Crippen molar-refractivity contribution in [3.05, 3.63) is 65.2 Å². The molecule has 2 aromatic carbocycles. The topological polar surface area (TPSA) is 45.7 Å². The third-order valence-electron chi connectivity index (χ3n) is 4.38. The van der Waals surface area contributed by atoms with Crippen LogP contribution in [0.15, 0.2) is 53.5 Å². The van der Waals surface area contributed by atoms with E-state index in [4.69, 9.17) is 4.74 Å². The van der Waals surface area contributed by atoms with E-state index in [1.807, 2.05) is 12.1 Å². The summed E-state index contributed by atoms with van der Waals surface area (Å²) in [5, 5.41) is 6.69. The minimum absolute atomic E-state index is 0.587. The summed E-state index contributed by atoms with van der Waals surface area (Å²) in [6.45, 7) is 4.31. The maximum Gasteiger partial charge on any atom is 0.191 e. The second-order valence-electron chi connectivity index (χ2n) is 6.14. The van der Waals surface area contributed by atoms with Gasteiger partial charge in [0.2, 0.25) is 0 Å². The molecule has 3 rings (SSSR count). The summed E-state index contributed by atoms with van der Waals surface area (Å²) >= 11 is 0. The summed E-state index contributed by atoms with van der Waals surface area (Å²) < 4.78 is 5.72. The number of aliphatic imine (C=N–C) groups is 1. The van der Waals surface area contributed by atoms with Crippen molar-refractivity contribution in [2.24, 2.45) is 4.99 Å². The highest BCUT2D eigenvalue weighted by atomic mass is 16.5. The molecule has 0 saturated carbocycles. The lowest BCUT2D eigenvalue weighted by Crippen LogP contribution is -2.42. The van der Waals surface area contributed by atoms with Crippen molar-refractivity contribution >= 4 is 5.96 Å². The van der Waals surface area contributed by atoms with Gasteiger partial charge in [0.1, 0.15) is 12.4 Å². The van der Waals surface area contributed by atoms with Crippen LogP contribution in [-0.2, 0) is 6.42 Å². The van der Waals surface area contributed by atoms with Crippen molar-refractivity contribution < 1.29 is 4.74 Å². The van der Waals surface area contributed by atoms with Crippen LogP contribution in [0.4, 0.5) is 0 Å². The van der Waals surface area contributed by atoms with Gasteiger partial charge in [0.15, 0.2) is 5.96 Å². The summed E-state index contributed by atoms with van der Waals surface area (Å²) in [6.07, 6.45) is 1.15. The number of nitrogens with zero attached hydrogens (tertiary/aromatic N) is 1. The number of ether oxygens (including phenoxy) is 1. The zero-order valence-electron chi connectivity index (χ0n) is 14.4. The first kappa shape index (κ1) is 16.4. The van der Waals surface area contributed by atoms with Gasteiger partial charge in [-0.25, -0.2) is 0 Å². The molecule has 0 radical (unpaired) electrons. The van der Waals surface area contributed by atoms with Gasteiger partial charge in [-0.15, -0.1) is 0 Å². The van der Waals surface area contributed by atoms with Crippen molar-refractivity contribution in [3.8, 4) is 5.75 Å². The fraction of sp³-hybridized carbons (Fsp3) is 0.350. The Hall–Kier alpha value is -2.49. The molecule has 0 aromatic heterocycles. The molecule has 0 saturated heterocycles. The Bertz CT molecular complexity index is 694. The number of hydrogen-bond donors (Lipinski definition) is 2. The lowest BCUT2D eigenvalue weighted by molar-refractivity contribution is 0.322. The highest BCUT2D eigenvalue weighted by molar-refractivity contribution is 5.79. The van der Waals surface area contributed by atoms with Crippen molar-refractivity contribution in [3.63, 3.8) is 0 Å². The van der Waals surface area contributed by atoms with Gasteiger partial charge < -0.3 is 15.4 Å². The quantitative estimate of drug-likeness (QED) is 0.488. The van der Waals surface area contributed by atoms with Crippen LogP contribution >= 0.6 is 0 Å². The smallest absolute Gasteiger partial charge is 0.191 e. The number of fused-ring (bicyclic) bond motifs is 1. The van der Waals surface area contributed by atoms with Crippen LogP contribution in [0, 0.1) is 6.92 Å². The first-order valence-corrected chi connectivity index (χ1v) is 8.48. The van der Waals surface area contributed by atoms with E-state index >= 15 is 0 Å². The number of benzene rings is 2. The van der Waals surface area contributed by atoms with Gasteiger partial charge in [-0.1, -0.05) is 42.0 Å². The van der Waals surface area contributed by atoms with Gasteiger partial charge in [-0.05, 0) is 36.6 Å². The minimum atomic E-state index is 0.587. The molecule has 4 nitrogen and oxygen atoms in total. The number of guanidine groups is 1. The molecule has 1 aliphatic rings. The molecular weight excluding hydrogens is 298 g/mol.